The first-order chi connectivity index (χ1) is 25.8. The largest absolute Gasteiger partial charge is 0.482 e. The molecule has 0 saturated carbocycles. The van der Waals surface area contributed by atoms with Crippen LogP contribution in [0.5, 0.6) is 0 Å². The standard InChI is InChI=1S/C46H54N2O4P2/c1-29-17-30(2)22-37(21-29)53(38-23-31(3)18-32(4)24-38)45(51-11)13-15-47-43(49-9)41(45)42-44(50-10)48-16-14-46(42,52-12)54(39-25-33(5)19-34(6)26-39)40-27-35(7)20-36(8)28-40/h13-28,47-48H,1-12H3. The maximum Gasteiger partial charge on any atom is 0.198 e. The van der Waals surface area contributed by atoms with Crippen molar-refractivity contribution in [2.75, 3.05) is 28.4 Å². The molecule has 2 unspecified atom stereocenters. The van der Waals surface area contributed by atoms with Crippen LogP contribution >= 0.6 is 15.8 Å². The lowest BCUT2D eigenvalue weighted by atomic mass is 9.91. The summed E-state index contributed by atoms with van der Waals surface area (Å²) >= 11 is 0. The Bertz CT molecular complexity index is 1870. The Hall–Kier alpha value is -4.18. The van der Waals surface area contributed by atoms with Crippen LogP contribution in [-0.2, 0) is 18.9 Å². The second-order valence-corrected chi connectivity index (χ2v) is 19.4. The van der Waals surface area contributed by atoms with E-state index in [1.807, 2.05) is 26.6 Å². The van der Waals surface area contributed by atoms with Gasteiger partial charge in [-0.3, -0.25) is 0 Å². The normalized spacial score (nSPS) is 19.7. The van der Waals surface area contributed by atoms with E-state index in [4.69, 9.17) is 18.9 Å². The number of benzene rings is 4. The van der Waals surface area contributed by atoms with Crippen LogP contribution < -0.4 is 31.9 Å². The molecule has 0 aliphatic carbocycles. The quantitative estimate of drug-likeness (QED) is 0.150. The summed E-state index contributed by atoms with van der Waals surface area (Å²) < 4.78 is 26.9. The zero-order valence-corrected chi connectivity index (χ0v) is 35.6. The Morgan fingerprint density at radius 3 is 0.833 bits per heavy atom. The zero-order valence-electron chi connectivity index (χ0n) is 33.8. The molecule has 0 amide bonds. The summed E-state index contributed by atoms with van der Waals surface area (Å²) in [4.78, 5) is 0. The van der Waals surface area contributed by atoms with Crippen LogP contribution in [0.4, 0.5) is 0 Å². The van der Waals surface area contributed by atoms with E-state index in [0.717, 1.165) is 11.1 Å². The number of ether oxygens (including phenoxy) is 4. The fourth-order valence-corrected chi connectivity index (χ4v) is 14.8. The summed E-state index contributed by atoms with van der Waals surface area (Å²) in [7, 11) is 4.43. The van der Waals surface area contributed by atoms with Crippen LogP contribution in [-0.4, -0.2) is 39.1 Å². The van der Waals surface area contributed by atoms with E-state index in [1.54, 1.807) is 14.2 Å². The molecule has 2 heterocycles. The molecule has 282 valence electrons. The number of nitrogens with one attached hydrogen (secondary N) is 2. The highest BCUT2D eigenvalue weighted by molar-refractivity contribution is 7.75. The molecular formula is C46H54N2O4P2. The number of hydrogen-bond donors (Lipinski definition) is 2. The molecule has 6 nitrogen and oxygen atoms in total. The van der Waals surface area contributed by atoms with E-state index >= 15 is 0 Å². The molecular weight excluding hydrogens is 706 g/mol. The predicted octanol–water partition coefficient (Wildman–Crippen LogP) is 8.35. The maximum atomic E-state index is 7.08. The minimum atomic E-state index is -1.31. The van der Waals surface area contributed by atoms with Gasteiger partial charge < -0.3 is 29.6 Å². The molecule has 0 spiro atoms. The molecule has 2 atom stereocenters. The van der Waals surface area contributed by atoms with Crippen LogP contribution in [0.25, 0.3) is 0 Å². The van der Waals surface area contributed by atoms with Crippen LogP contribution in [0.15, 0.2) is 120 Å². The first kappa shape index (κ1) is 39.5. The molecule has 0 saturated heterocycles. The number of aryl methyl sites for hydroxylation is 8. The van der Waals surface area contributed by atoms with Gasteiger partial charge in [0.05, 0.1) is 25.4 Å². The van der Waals surface area contributed by atoms with Crippen LogP contribution in [0.3, 0.4) is 0 Å². The van der Waals surface area contributed by atoms with Gasteiger partial charge in [0.1, 0.15) is 10.7 Å². The third-order valence-corrected chi connectivity index (χ3v) is 15.6. The van der Waals surface area contributed by atoms with Gasteiger partial charge in [-0.15, -0.1) is 0 Å². The summed E-state index contributed by atoms with van der Waals surface area (Å²) in [6, 6.07) is 27.4. The van der Waals surface area contributed by atoms with Gasteiger partial charge in [0.15, 0.2) is 11.8 Å². The van der Waals surface area contributed by atoms with Gasteiger partial charge in [-0.1, -0.05) is 117 Å². The summed E-state index contributed by atoms with van der Waals surface area (Å²) in [6.07, 6.45) is 8.25. The van der Waals surface area contributed by atoms with Gasteiger partial charge in [-0.2, -0.15) is 0 Å². The highest BCUT2D eigenvalue weighted by Crippen LogP contribution is 2.64. The van der Waals surface area contributed by atoms with Crippen LogP contribution in [0, 0.1) is 55.4 Å². The first-order valence-corrected chi connectivity index (χ1v) is 21.0. The summed E-state index contributed by atoms with van der Waals surface area (Å²) in [5.41, 5.74) is 11.2. The Kier molecular flexibility index (Phi) is 11.6. The SMILES string of the molecule is COC1=C(C2=C(OC)NC=CC2(OC)P(c2cc(C)cc(C)c2)c2cc(C)cc(C)c2)C(OC)(P(c2cc(C)cc(C)c2)c2cc(C)cc(C)c2)C=CN1. The van der Waals surface area contributed by atoms with Gasteiger partial charge >= 0.3 is 0 Å². The average Bonchev–Trinajstić information content (AvgIpc) is 3.10. The molecule has 0 aromatic heterocycles. The van der Waals surface area contributed by atoms with Crippen LogP contribution in [0.1, 0.15) is 44.5 Å². The summed E-state index contributed by atoms with van der Waals surface area (Å²) in [6.45, 7) is 17.3. The fourth-order valence-electron chi connectivity index (χ4n) is 8.28. The van der Waals surface area contributed by atoms with Gasteiger partial charge in [0.25, 0.3) is 0 Å². The van der Waals surface area contributed by atoms with Crippen molar-refractivity contribution in [2.24, 2.45) is 0 Å². The Balaban J connectivity index is 1.76. The molecule has 2 aliphatic rings. The second kappa shape index (κ2) is 15.9. The minimum absolute atomic E-state index is 0.569. The molecule has 4 aromatic rings. The lowest BCUT2D eigenvalue weighted by molar-refractivity contribution is 0.0997. The summed E-state index contributed by atoms with van der Waals surface area (Å²) in [5, 5.41) is 9.66. The second-order valence-electron chi connectivity index (χ2n) is 14.6. The number of dihydropyridines is 2. The molecule has 0 bridgehead atoms. The van der Waals surface area contributed by atoms with E-state index in [0.29, 0.717) is 11.8 Å². The lowest BCUT2D eigenvalue weighted by Gasteiger charge is -2.49. The monoisotopic (exact) mass is 760 g/mol. The van der Waals surface area contributed by atoms with Crippen molar-refractivity contribution in [3.05, 3.63) is 165 Å². The topological polar surface area (TPSA) is 61.0 Å². The highest BCUT2D eigenvalue weighted by Gasteiger charge is 2.56. The van der Waals surface area contributed by atoms with Crippen molar-refractivity contribution in [2.45, 2.75) is 66.1 Å². The maximum absolute atomic E-state index is 7.08. The number of hydrogen-bond acceptors (Lipinski definition) is 6. The molecule has 8 heteroatoms. The zero-order chi connectivity index (χ0) is 38.9. The third-order valence-electron chi connectivity index (χ3n) is 10.0. The van der Waals surface area contributed by atoms with Crippen molar-refractivity contribution in [1.82, 2.24) is 10.6 Å². The summed E-state index contributed by atoms with van der Waals surface area (Å²) in [5.74, 6) is 1.14. The van der Waals surface area contributed by atoms with Crippen molar-refractivity contribution in [1.29, 1.82) is 0 Å². The average molecular weight is 761 g/mol. The van der Waals surface area contributed by atoms with Crippen molar-refractivity contribution in [3.63, 3.8) is 0 Å². The molecule has 54 heavy (non-hydrogen) atoms. The molecule has 2 aliphatic heterocycles. The minimum Gasteiger partial charge on any atom is -0.482 e. The third kappa shape index (κ3) is 7.30. The van der Waals surface area contributed by atoms with Gasteiger partial charge in [-0.25, -0.2) is 0 Å². The lowest BCUT2D eigenvalue weighted by Crippen LogP contribution is -2.49. The van der Waals surface area contributed by atoms with Crippen LogP contribution in [0.2, 0.25) is 0 Å². The molecule has 2 N–H and O–H groups in total. The smallest absolute Gasteiger partial charge is 0.198 e. The number of rotatable bonds is 11. The van der Waals surface area contributed by atoms with E-state index < -0.39 is 26.5 Å². The number of methoxy groups -OCH3 is 4. The predicted molar refractivity (Wildman–Crippen MR) is 228 cm³/mol. The molecule has 6 rings (SSSR count). The van der Waals surface area contributed by atoms with Gasteiger partial charge in [-0.05, 0) is 105 Å². The Morgan fingerprint density at radius 2 is 0.630 bits per heavy atom. The molecule has 4 aromatic carbocycles. The first-order valence-electron chi connectivity index (χ1n) is 18.3. The van der Waals surface area contributed by atoms with E-state index in [9.17, 15) is 0 Å². The van der Waals surface area contributed by atoms with Gasteiger partial charge in [0.2, 0.25) is 0 Å². The Morgan fingerprint density at radius 1 is 0.389 bits per heavy atom. The molecule has 0 fully saturated rings. The van der Waals surface area contributed by atoms with E-state index in [-0.39, 0.29) is 0 Å². The Labute approximate surface area is 324 Å². The van der Waals surface area contributed by atoms with Gasteiger partial charge in [0, 0.05) is 26.6 Å². The van der Waals surface area contributed by atoms with E-state index in [2.05, 4.69) is 151 Å². The molecule has 0 radical (unpaired) electrons. The van der Waals surface area contributed by atoms with Crippen molar-refractivity contribution in [3.8, 4) is 0 Å². The van der Waals surface area contributed by atoms with Crippen molar-refractivity contribution < 1.29 is 18.9 Å². The highest BCUT2D eigenvalue weighted by atomic mass is 31.1. The van der Waals surface area contributed by atoms with Crippen molar-refractivity contribution >= 4 is 37.1 Å². The van der Waals surface area contributed by atoms with E-state index in [1.165, 1.54) is 65.7 Å². The fraction of sp³-hybridized carbons (Fsp3) is 0.304.